The molecule has 0 heterocycles. The third kappa shape index (κ3) is 88.2. The molecule has 0 aliphatic rings. The van der Waals surface area contributed by atoms with E-state index in [0.717, 1.165) is 95.8 Å². The molecule has 0 aliphatic heterocycles. The molecule has 0 aromatic carbocycles. The van der Waals surface area contributed by atoms with Crippen molar-refractivity contribution in [2.45, 2.75) is 547 Å². The van der Waals surface area contributed by atoms with E-state index in [2.05, 4.69) is 34.6 Å². The van der Waals surface area contributed by atoms with E-state index in [9.17, 15) is 43.2 Å². The largest absolute Gasteiger partial charge is 0.472 e. The van der Waals surface area contributed by atoms with Crippen molar-refractivity contribution in [3.63, 3.8) is 0 Å². The third-order valence-corrected chi connectivity index (χ3v) is 25.0. The van der Waals surface area contributed by atoms with Crippen molar-refractivity contribution in [3.05, 3.63) is 0 Å². The zero-order chi connectivity index (χ0) is 84.0. The van der Waals surface area contributed by atoms with Crippen LogP contribution >= 0.6 is 15.6 Å². The fourth-order valence-corrected chi connectivity index (χ4v) is 16.8. The minimum Gasteiger partial charge on any atom is -0.462 e. The molecule has 17 nitrogen and oxygen atoms in total. The molecule has 0 saturated carbocycles. The van der Waals surface area contributed by atoms with Crippen molar-refractivity contribution in [1.82, 2.24) is 0 Å². The van der Waals surface area contributed by atoms with Gasteiger partial charge in [0.05, 0.1) is 26.4 Å². The summed E-state index contributed by atoms with van der Waals surface area (Å²) in [6, 6.07) is 0. The first-order valence-electron chi connectivity index (χ1n) is 49.7. The van der Waals surface area contributed by atoms with Gasteiger partial charge in [-0.2, -0.15) is 0 Å². The Morgan fingerprint density at radius 3 is 0.617 bits per heavy atom. The Kier molecular flexibility index (Phi) is 86.9. The predicted octanol–water partition coefficient (Wildman–Crippen LogP) is 30.3. The first-order chi connectivity index (χ1) is 56.1. The molecule has 684 valence electrons. The van der Waals surface area contributed by atoms with Gasteiger partial charge >= 0.3 is 39.5 Å². The normalized spacial score (nSPS) is 13.8. The smallest absolute Gasteiger partial charge is 0.462 e. The zero-order valence-corrected chi connectivity index (χ0v) is 77.7. The fraction of sp³-hybridized carbons (Fsp3) is 0.958. The number of ether oxygens (including phenoxy) is 4. The van der Waals surface area contributed by atoms with Crippen LogP contribution in [0.25, 0.3) is 0 Å². The van der Waals surface area contributed by atoms with Gasteiger partial charge in [0.25, 0.3) is 0 Å². The maximum atomic E-state index is 13.2. The molecule has 6 atom stereocenters. The van der Waals surface area contributed by atoms with Crippen LogP contribution in [0.4, 0.5) is 0 Å². The molecule has 0 spiro atoms. The summed E-state index contributed by atoms with van der Waals surface area (Å²) in [6.07, 6.45) is 86.4. The highest BCUT2D eigenvalue weighted by molar-refractivity contribution is 7.47. The van der Waals surface area contributed by atoms with Crippen LogP contribution < -0.4 is 0 Å². The number of unbranched alkanes of at least 4 members (excludes halogenated alkanes) is 67. The van der Waals surface area contributed by atoms with Gasteiger partial charge in [-0.3, -0.25) is 37.3 Å². The molecule has 0 saturated heterocycles. The minimum atomic E-state index is -4.97. The quantitative estimate of drug-likeness (QED) is 0.0222. The lowest BCUT2D eigenvalue weighted by atomic mass is 9.99. The maximum absolute atomic E-state index is 13.2. The average molecular weight is 1680 g/mol. The van der Waals surface area contributed by atoms with E-state index in [1.165, 1.54) is 353 Å². The molecule has 3 unspecified atom stereocenters. The van der Waals surface area contributed by atoms with Crippen molar-refractivity contribution >= 4 is 39.5 Å². The third-order valence-electron chi connectivity index (χ3n) is 23.1. The minimum absolute atomic E-state index is 0.110. The van der Waals surface area contributed by atoms with Gasteiger partial charge in [-0.05, 0) is 31.6 Å². The number of phosphoric ester groups is 2. The first kappa shape index (κ1) is 113. The summed E-state index contributed by atoms with van der Waals surface area (Å²) in [6.45, 7) is 7.48. The topological polar surface area (TPSA) is 237 Å². The molecule has 0 aromatic heterocycles. The van der Waals surface area contributed by atoms with Gasteiger partial charge < -0.3 is 33.8 Å². The molecule has 0 aliphatic carbocycles. The second-order valence-electron chi connectivity index (χ2n) is 34.7. The van der Waals surface area contributed by atoms with Crippen LogP contribution in [0.3, 0.4) is 0 Å². The highest BCUT2D eigenvalue weighted by Gasteiger charge is 2.31. The Hall–Kier alpha value is -1.94. The van der Waals surface area contributed by atoms with E-state index in [0.29, 0.717) is 25.7 Å². The molecule has 0 aromatic rings. The molecule has 0 radical (unpaired) electrons. The lowest BCUT2D eigenvalue weighted by Gasteiger charge is -2.21. The van der Waals surface area contributed by atoms with Crippen molar-refractivity contribution in [1.29, 1.82) is 0 Å². The number of aliphatic hydroxyl groups is 1. The Labute approximate surface area is 708 Å². The molecule has 0 fully saturated rings. The number of rotatable bonds is 96. The van der Waals surface area contributed by atoms with Crippen LogP contribution in [-0.4, -0.2) is 96.7 Å². The highest BCUT2D eigenvalue weighted by Crippen LogP contribution is 2.45. The van der Waals surface area contributed by atoms with Gasteiger partial charge in [0.2, 0.25) is 0 Å². The van der Waals surface area contributed by atoms with E-state index in [-0.39, 0.29) is 25.7 Å². The molecule has 0 amide bonds. The monoisotopic (exact) mass is 1680 g/mol. The molecule has 19 heteroatoms. The summed E-state index contributed by atoms with van der Waals surface area (Å²) < 4.78 is 69.2. The van der Waals surface area contributed by atoms with E-state index < -0.39 is 97.5 Å². The van der Waals surface area contributed by atoms with Gasteiger partial charge in [-0.1, -0.05) is 478 Å². The Balaban J connectivity index is 5.19. The number of hydrogen-bond donors (Lipinski definition) is 3. The maximum Gasteiger partial charge on any atom is 0.472 e. The van der Waals surface area contributed by atoms with E-state index >= 15 is 0 Å². The summed E-state index contributed by atoms with van der Waals surface area (Å²) in [4.78, 5) is 73.5. The van der Waals surface area contributed by atoms with Crippen LogP contribution in [0.5, 0.6) is 0 Å². The molecular weight excluding hydrogens is 1490 g/mol. The number of carbonyl (C=O) groups excluding carboxylic acids is 4. The van der Waals surface area contributed by atoms with Gasteiger partial charge in [0.15, 0.2) is 12.2 Å². The number of hydrogen-bond acceptors (Lipinski definition) is 15. The van der Waals surface area contributed by atoms with Gasteiger partial charge in [0, 0.05) is 25.7 Å². The Morgan fingerprint density at radius 2 is 0.417 bits per heavy atom. The summed E-state index contributed by atoms with van der Waals surface area (Å²) in [5.41, 5.74) is 0. The van der Waals surface area contributed by atoms with Gasteiger partial charge in [-0.25, -0.2) is 9.13 Å². The molecular formula is C96H188O17P2. The van der Waals surface area contributed by atoms with Crippen molar-refractivity contribution in [2.75, 3.05) is 39.6 Å². The number of aliphatic hydroxyl groups excluding tert-OH is 1. The number of phosphoric acid groups is 2. The summed E-state index contributed by atoms with van der Waals surface area (Å²) in [5, 5.41) is 10.7. The standard InChI is InChI=1S/C96H188O17P2/c1-6-10-13-16-19-22-25-27-29-31-33-35-37-38-43-47-51-55-60-65-70-75-80-94(99)107-86-92(113-96(101)82-77-72-67-62-57-53-49-45-41-40-42-46-50-54-58-63-68-73-78-89(5)9-4)88-111-115(104,105)109-84-90(97)83-108-114(102,103)110-87-91(85-106-93(98)79-74-69-64-59-24-21-18-15-12-8-3)112-95(100)81-76-71-66-61-56-52-48-44-39-36-34-32-30-28-26-23-20-17-14-11-7-2/h89-92,97H,6-88H2,1-5H3,(H,102,103)(H,104,105)/t89?,90-,91+,92+/m0/s1. The average Bonchev–Trinajstić information content (AvgIpc) is 0.897. The van der Waals surface area contributed by atoms with Crippen molar-refractivity contribution < 1.29 is 80.2 Å². The molecule has 3 N–H and O–H groups in total. The van der Waals surface area contributed by atoms with E-state index in [1.54, 1.807) is 0 Å². The molecule has 115 heavy (non-hydrogen) atoms. The van der Waals surface area contributed by atoms with Crippen molar-refractivity contribution in [3.8, 4) is 0 Å². The fourth-order valence-electron chi connectivity index (χ4n) is 15.2. The van der Waals surface area contributed by atoms with Gasteiger partial charge in [-0.15, -0.1) is 0 Å². The summed E-state index contributed by atoms with van der Waals surface area (Å²) in [5.74, 6) is -1.22. The van der Waals surface area contributed by atoms with E-state index in [4.69, 9.17) is 37.0 Å². The Bertz CT molecular complexity index is 2170. The van der Waals surface area contributed by atoms with Crippen LogP contribution in [0, 0.1) is 5.92 Å². The Morgan fingerprint density at radius 1 is 0.243 bits per heavy atom. The number of esters is 4. The second-order valence-corrected chi connectivity index (χ2v) is 37.6. The van der Waals surface area contributed by atoms with Crippen LogP contribution in [0.1, 0.15) is 529 Å². The van der Waals surface area contributed by atoms with Crippen molar-refractivity contribution in [2.24, 2.45) is 5.92 Å². The first-order valence-corrected chi connectivity index (χ1v) is 52.7. The zero-order valence-electron chi connectivity index (χ0n) is 76.0. The highest BCUT2D eigenvalue weighted by atomic mass is 31.2. The predicted molar refractivity (Wildman–Crippen MR) is 479 cm³/mol. The van der Waals surface area contributed by atoms with Crippen LogP contribution in [0.2, 0.25) is 0 Å². The van der Waals surface area contributed by atoms with Gasteiger partial charge in [0.1, 0.15) is 19.3 Å². The number of carbonyl (C=O) groups is 4. The second kappa shape index (κ2) is 88.4. The summed E-state index contributed by atoms with van der Waals surface area (Å²) >= 11 is 0. The van der Waals surface area contributed by atoms with E-state index in [1.807, 2.05) is 0 Å². The SMILES string of the molecule is CCCCCCCCCCCCCCCCCCCCCCCCC(=O)OC[C@H](COP(=O)(O)OC[C@@H](O)COP(=O)(O)OC[C@@H](COC(=O)CCCCCCCCCCCC)OC(=O)CCCCCCCCCCCCCCCCCCCCCCC)OC(=O)CCCCCCCCCCCCCCCCCCCCC(C)CC. The lowest BCUT2D eigenvalue weighted by molar-refractivity contribution is -0.161. The molecule has 0 bridgehead atoms. The summed E-state index contributed by atoms with van der Waals surface area (Å²) in [7, 11) is -9.94. The molecule has 0 rings (SSSR count). The van der Waals surface area contributed by atoms with Crippen LogP contribution in [-0.2, 0) is 65.4 Å². The lowest BCUT2D eigenvalue weighted by Crippen LogP contribution is -2.30. The van der Waals surface area contributed by atoms with Crippen LogP contribution in [0.15, 0.2) is 0 Å².